The summed E-state index contributed by atoms with van der Waals surface area (Å²) in [6.45, 7) is 4.12. The maximum atomic E-state index is 5.51. The summed E-state index contributed by atoms with van der Waals surface area (Å²) in [4.78, 5) is 13.1. The van der Waals surface area contributed by atoms with E-state index < -0.39 is 0 Å². The minimum Gasteiger partial charge on any atom is -0.362 e. The van der Waals surface area contributed by atoms with Gasteiger partial charge >= 0.3 is 0 Å². The van der Waals surface area contributed by atoms with Crippen molar-refractivity contribution >= 4 is 11.6 Å². The molecule has 8 nitrogen and oxygen atoms in total. The summed E-state index contributed by atoms with van der Waals surface area (Å²) in [7, 11) is 0. The number of nitrogens with one attached hydrogen (secondary N) is 2. The molecule has 1 aliphatic rings. The van der Waals surface area contributed by atoms with Crippen LogP contribution in [0.25, 0.3) is 0 Å². The average molecular weight is 275 g/mol. The molecule has 0 aliphatic heterocycles. The van der Waals surface area contributed by atoms with Gasteiger partial charge in [0.05, 0.1) is 6.54 Å². The monoisotopic (exact) mass is 275 g/mol. The molecule has 1 saturated carbocycles. The quantitative estimate of drug-likeness (QED) is 0.551. The lowest BCUT2D eigenvalue weighted by molar-refractivity contribution is 0.388. The first-order valence-corrected chi connectivity index (χ1v) is 6.55. The van der Waals surface area contributed by atoms with E-state index in [2.05, 4.69) is 30.9 Å². The Morgan fingerprint density at radius 1 is 1.20 bits per heavy atom. The molecule has 1 aliphatic carbocycles. The number of hydrogen-bond donors (Lipinski definition) is 3. The van der Waals surface area contributed by atoms with Crippen molar-refractivity contribution in [3.63, 3.8) is 0 Å². The zero-order chi connectivity index (χ0) is 14.1. The highest BCUT2D eigenvalue weighted by Gasteiger charge is 2.28. The molecule has 0 atom stereocenters. The smallest absolute Gasteiger partial charge is 0.223 e. The van der Waals surface area contributed by atoms with Gasteiger partial charge < -0.3 is 15.3 Å². The van der Waals surface area contributed by atoms with Crippen LogP contribution in [0.1, 0.15) is 41.9 Å². The molecule has 2 aromatic rings. The highest BCUT2D eigenvalue weighted by atomic mass is 16.5. The number of nitrogen functional groups attached to an aromatic ring is 1. The normalized spacial score (nSPS) is 14.3. The molecule has 4 N–H and O–H groups in total. The van der Waals surface area contributed by atoms with E-state index in [-0.39, 0.29) is 0 Å². The second kappa shape index (κ2) is 5.04. The summed E-state index contributed by atoms with van der Waals surface area (Å²) in [5.74, 6) is 9.33. The highest BCUT2D eigenvalue weighted by Crippen LogP contribution is 2.39. The van der Waals surface area contributed by atoms with E-state index in [0.29, 0.717) is 30.0 Å². The Kier molecular flexibility index (Phi) is 3.23. The third kappa shape index (κ3) is 2.55. The topological polar surface area (TPSA) is 115 Å². The van der Waals surface area contributed by atoms with Crippen LogP contribution < -0.4 is 16.6 Å². The van der Waals surface area contributed by atoms with E-state index in [1.54, 1.807) is 6.92 Å². The first-order valence-electron chi connectivity index (χ1n) is 6.55. The molecular weight excluding hydrogens is 258 g/mol. The second-order valence-corrected chi connectivity index (χ2v) is 4.91. The van der Waals surface area contributed by atoms with Crippen LogP contribution in [0, 0.1) is 13.8 Å². The summed E-state index contributed by atoms with van der Waals surface area (Å²) in [5.41, 5.74) is 3.49. The minimum atomic E-state index is 0.448. The van der Waals surface area contributed by atoms with Gasteiger partial charge in [-0.1, -0.05) is 5.16 Å². The zero-order valence-corrected chi connectivity index (χ0v) is 11.5. The number of aromatic nitrogens is 4. The molecule has 2 aromatic heterocycles. The standard InChI is InChI=1S/C12H17N7O/c1-6-10(14-5-9-15-7(2)20-19-9)16-12(8-3-4-8)17-11(6)18-13/h8H,3-5,13H2,1-2H3,(H2,14,16,17,18). The molecule has 0 bridgehead atoms. The largest absolute Gasteiger partial charge is 0.362 e. The number of rotatable bonds is 5. The Bertz CT molecular complexity index is 620. The van der Waals surface area contributed by atoms with Crippen molar-refractivity contribution in [2.24, 2.45) is 5.84 Å². The summed E-state index contributed by atoms with van der Waals surface area (Å²) >= 11 is 0. The van der Waals surface area contributed by atoms with Gasteiger partial charge in [0.15, 0.2) is 5.82 Å². The SMILES string of the molecule is Cc1nc(CNc2nc(C3CC3)nc(NN)c2C)no1. The first-order chi connectivity index (χ1) is 9.67. The van der Waals surface area contributed by atoms with Crippen molar-refractivity contribution in [1.82, 2.24) is 20.1 Å². The summed E-state index contributed by atoms with van der Waals surface area (Å²) in [6.07, 6.45) is 2.27. The van der Waals surface area contributed by atoms with Crippen LogP contribution in [-0.2, 0) is 6.54 Å². The molecule has 8 heteroatoms. The van der Waals surface area contributed by atoms with Gasteiger partial charge in [-0.15, -0.1) is 0 Å². The van der Waals surface area contributed by atoms with Gasteiger partial charge in [-0.2, -0.15) is 4.98 Å². The van der Waals surface area contributed by atoms with Crippen LogP contribution in [0.2, 0.25) is 0 Å². The first kappa shape index (κ1) is 12.8. The fourth-order valence-electron chi connectivity index (χ4n) is 1.95. The molecule has 0 amide bonds. The molecule has 20 heavy (non-hydrogen) atoms. The molecule has 0 unspecified atom stereocenters. The molecule has 0 aromatic carbocycles. The Morgan fingerprint density at radius 2 is 1.95 bits per heavy atom. The summed E-state index contributed by atoms with van der Waals surface area (Å²) in [5, 5.41) is 7.05. The van der Waals surface area contributed by atoms with Gasteiger partial charge in [-0.25, -0.2) is 15.8 Å². The predicted octanol–water partition coefficient (Wildman–Crippen LogP) is 1.25. The minimum absolute atomic E-state index is 0.448. The van der Waals surface area contributed by atoms with Crippen LogP contribution >= 0.6 is 0 Å². The molecule has 0 radical (unpaired) electrons. The van der Waals surface area contributed by atoms with Crippen molar-refractivity contribution in [3.8, 4) is 0 Å². The maximum absolute atomic E-state index is 5.51. The molecule has 0 saturated heterocycles. The number of nitrogens with zero attached hydrogens (tertiary/aromatic N) is 4. The van der Waals surface area contributed by atoms with Crippen molar-refractivity contribution in [3.05, 3.63) is 23.1 Å². The Balaban J connectivity index is 1.81. The van der Waals surface area contributed by atoms with E-state index in [9.17, 15) is 0 Å². The van der Waals surface area contributed by atoms with Crippen LogP contribution in [0.4, 0.5) is 11.6 Å². The third-order valence-electron chi connectivity index (χ3n) is 3.23. The van der Waals surface area contributed by atoms with Crippen molar-refractivity contribution in [2.45, 2.75) is 39.2 Å². The molecule has 3 rings (SSSR count). The van der Waals surface area contributed by atoms with Gasteiger partial charge in [-0.3, -0.25) is 0 Å². The third-order valence-corrected chi connectivity index (χ3v) is 3.23. The fourth-order valence-corrected chi connectivity index (χ4v) is 1.95. The van der Waals surface area contributed by atoms with Crippen LogP contribution in [0.15, 0.2) is 4.52 Å². The predicted molar refractivity (Wildman–Crippen MR) is 72.9 cm³/mol. The maximum Gasteiger partial charge on any atom is 0.223 e. The number of aryl methyl sites for hydroxylation is 1. The lowest BCUT2D eigenvalue weighted by atomic mass is 10.3. The highest BCUT2D eigenvalue weighted by molar-refractivity contribution is 5.57. The summed E-state index contributed by atoms with van der Waals surface area (Å²) in [6, 6.07) is 0. The average Bonchev–Trinajstić information content (AvgIpc) is 3.21. The lowest BCUT2D eigenvalue weighted by Crippen LogP contribution is -2.15. The molecule has 1 fully saturated rings. The molecule has 0 spiro atoms. The van der Waals surface area contributed by atoms with Crippen LogP contribution in [-0.4, -0.2) is 20.1 Å². The number of anilines is 2. The van der Waals surface area contributed by atoms with E-state index in [4.69, 9.17) is 10.4 Å². The van der Waals surface area contributed by atoms with E-state index in [1.165, 1.54) is 0 Å². The second-order valence-electron chi connectivity index (χ2n) is 4.91. The molecule has 106 valence electrons. The van der Waals surface area contributed by atoms with E-state index in [0.717, 1.165) is 30.0 Å². The van der Waals surface area contributed by atoms with Crippen molar-refractivity contribution in [2.75, 3.05) is 10.7 Å². The number of nitrogens with two attached hydrogens (primary N) is 1. The molecule has 2 heterocycles. The van der Waals surface area contributed by atoms with Gasteiger partial charge in [0.25, 0.3) is 0 Å². The Labute approximate surface area is 116 Å². The summed E-state index contributed by atoms with van der Waals surface area (Å²) < 4.78 is 4.93. The Morgan fingerprint density at radius 3 is 2.55 bits per heavy atom. The Hall–Kier alpha value is -2.22. The van der Waals surface area contributed by atoms with Crippen LogP contribution in [0.3, 0.4) is 0 Å². The van der Waals surface area contributed by atoms with Gasteiger partial charge in [0, 0.05) is 18.4 Å². The lowest BCUT2D eigenvalue weighted by Gasteiger charge is -2.12. The van der Waals surface area contributed by atoms with Gasteiger partial charge in [0.1, 0.15) is 17.5 Å². The van der Waals surface area contributed by atoms with Gasteiger partial charge in [-0.05, 0) is 19.8 Å². The number of hydrazine groups is 1. The molecular formula is C12H17N7O. The fraction of sp³-hybridized carbons (Fsp3) is 0.500. The van der Waals surface area contributed by atoms with Crippen molar-refractivity contribution < 1.29 is 4.52 Å². The van der Waals surface area contributed by atoms with Crippen LogP contribution in [0.5, 0.6) is 0 Å². The zero-order valence-electron chi connectivity index (χ0n) is 11.5. The van der Waals surface area contributed by atoms with Gasteiger partial charge in [0.2, 0.25) is 5.89 Å². The van der Waals surface area contributed by atoms with E-state index in [1.807, 2.05) is 6.92 Å². The van der Waals surface area contributed by atoms with E-state index >= 15 is 0 Å². The van der Waals surface area contributed by atoms with Crippen molar-refractivity contribution in [1.29, 1.82) is 0 Å². The number of hydrogen-bond acceptors (Lipinski definition) is 8.